The molecule has 3 rings (SSSR count). The number of hydrogen-bond donors (Lipinski definition) is 1. The van der Waals surface area contributed by atoms with Crippen LogP contribution in [0.5, 0.6) is 0 Å². The van der Waals surface area contributed by atoms with E-state index in [1.54, 1.807) is 6.26 Å². The van der Waals surface area contributed by atoms with Gasteiger partial charge in [-0.1, -0.05) is 13.3 Å². The molecule has 158 valence electrons. The Morgan fingerprint density at radius 1 is 1.28 bits per heavy atom. The summed E-state index contributed by atoms with van der Waals surface area (Å²) in [7, 11) is 0. The topological polar surface area (TPSA) is 67.5 Å². The third-order valence-electron chi connectivity index (χ3n) is 6.04. The minimum absolute atomic E-state index is 0.0161. The van der Waals surface area contributed by atoms with Gasteiger partial charge in [0.2, 0.25) is 5.91 Å². The van der Waals surface area contributed by atoms with Crippen LogP contribution in [0.4, 0.5) is 0 Å². The molecule has 2 aromatic heterocycles. The van der Waals surface area contributed by atoms with E-state index < -0.39 is 0 Å². The third kappa shape index (κ3) is 4.74. The van der Waals surface area contributed by atoms with Gasteiger partial charge in [0.1, 0.15) is 5.76 Å². The molecule has 2 aromatic rings. The van der Waals surface area contributed by atoms with Gasteiger partial charge in [-0.15, -0.1) is 0 Å². The maximum Gasteiger partial charge on any atom is 0.255 e. The van der Waals surface area contributed by atoms with Crippen LogP contribution in [0.1, 0.15) is 67.0 Å². The summed E-state index contributed by atoms with van der Waals surface area (Å²) in [5.74, 6) is 0.827. The van der Waals surface area contributed by atoms with Crippen LogP contribution in [0.15, 0.2) is 28.9 Å². The molecule has 3 heterocycles. The van der Waals surface area contributed by atoms with Crippen LogP contribution in [-0.2, 0) is 11.3 Å². The lowest BCUT2D eigenvalue weighted by molar-refractivity contribution is -0.126. The van der Waals surface area contributed by atoms with Crippen LogP contribution in [0.2, 0.25) is 0 Å². The van der Waals surface area contributed by atoms with E-state index in [4.69, 9.17) is 4.42 Å². The summed E-state index contributed by atoms with van der Waals surface area (Å²) in [4.78, 5) is 27.8. The van der Waals surface area contributed by atoms with Gasteiger partial charge in [-0.2, -0.15) is 0 Å². The summed E-state index contributed by atoms with van der Waals surface area (Å²) in [5, 5.41) is 3.03. The Bertz CT molecular complexity index is 838. The second kappa shape index (κ2) is 9.33. The van der Waals surface area contributed by atoms with Gasteiger partial charge in [0.25, 0.3) is 5.91 Å². The average Bonchev–Trinajstić information content (AvgIpc) is 3.31. The van der Waals surface area contributed by atoms with Gasteiger partial charge in [0.15, 0.2) is 0 Å². The predicted molar refractivity (Wildman–Crippen MR) is 113 cm³/mol. The number of carbonyl (C=O) groups is 2. The van der Waals surface area contributed by atoms with Crippen molar-refractivity contribution in [3.8, 4) is 0 Å². The van der Waals surface area contributed by atoms with Crippen molar-refractivity contribution in [1.82, 2.24) is 14.8 Å². The number of likely N-dealkylation sites (tertiary alicyclic amines) is 1. The monoisotopic (exact) mass is 399 g/mol. The third-order valence-corrected chi connectivity index (χ3v) is 6.04. The molecule has 0 aromatic carbocycles. The van der Waals surface area contributed by atoms with Gasteiger partial charge in [-0.3, -0.25) is 9.59 Å². The Labute approximate surface area is 173 Å². The molecule has 1 N–H and O–H groups in total. The van der Waals surface area contributed by atoms with Gasteiger partial charge in [0, 0.05) is 30.5 Å². The first-order chi connectivity index (χ1) is 13.9. The first-order valence-electron chi connectivity index (χ1n) is 10.7. The van der Waals surface area contributed by atoms with Crippen molar-refractivity contribution in [2.45, 2.75) is 66.0 Å². The Hall–Kier alpha value is -2.50. The summed E-state index contributed by atoms with van der Waals surface area (Å²) in [6.07, 6.45) is 5.39. The van der Waals surface area contributed by atoms with E-state index >= 15 is 0 Å². The maximum atomic E-state index is 13.4. The van der Waals surface area contributed by atoms with Crippen molar-refractivity contribution in [3.63, 3.8) is 0 Å². The number of piperidine rings is 1. The van der Waals surface area contributed by atoms with Crippen LogP contribution in [0.25, 0.3) is 0 Å². The molecule has 2 atom stereocenters. The van der Waals surface area contributed by atoms with E-state index in [0.717, 1.165) is 42.8 Å². The van der Waals surface area contributed by atoms with E-state index in [1.807, 2.05) is 36.9 Å². The lowest BCUT2D eigenvalue weighted by Crippen LogP contribution is -2.49. The average molecular weight is 400 g/mol. The van der Waals surface area contributed by atoms with Gasteiger partial charge < -0.3 is 19.2 Å². The number of hydrogen-bond acceptors (Lipinski definition) is 3. The number of aryl methyl sites for hydroxylation is 1. The highest BCUT2D eigenvalue weighted by Crippen LogP contribution is 2.26. The number of unbranched alkanes of at least 4 members (excludes halogenated alkanes) is 1. The number of aromatic nitrogens is 1. The number of nitrogens with one attached hydrogen (secondary N) is 1. The molecule has 0 bridgehead atoms. The fourth-order valence-corrected chi connectivity index (χ4v) is 4.11. The van der Waals surface area contributed by atoms with E-state index in [-0.39, 0.29) is 23.8 Å². The lowest BCUT2D eigenvalue weighted by Gasteiger charge is -2.37. The molecule has 2 unspecified atom stereocenters. The van der Waals surface area contributed by atoms with Crippen molar-refractivity contribution >= 4 is 11.8 Å². The van der Waals surface area contributed by atoms with E-state index in [0.29, 0.717) is 25.2 Å². The maximum absolute atomic E-state index is 13.4. The zero-order chi connectivity index (χ0) is 21.0. The van der Waals surface area contributed by atoms with Gasteiger partial charge in [0.05, 0.1) is 24.3 Å². The molecule has 1 aliphatic rings. The number of amides is 2. The number of furan rings is 1. The SMILES string of the molecule is CCCCNC(=O)C1CCC(C)N(C(=O)c2cc(C)n(Cc3ccco3)c2C)C1. The van der Waals surface area contributed by atoms with Crippen LogP contribution >= 0.6 is 0 Å². The number of rotatable bonds is 7. The molecule has 6 nitrogen and oxygen atoms in total. The molecule has 0 spiro atoms. The zero-order valence-corrected chi connectivity index (χ0v) is 18.0. The second-order valence-corrected chi connectivity index (χ2v) is 8.18. The smallest absolute Gasteiger partial charge is 0.255 e. The van der Waals surface area contributed by atoms with E-state index in [1.165, 1.54) is 0 Å². The highest BCUT2D eigenvalue weighted by molar-refractivity contribution is 5.96. The quantitative estimate of drug-likeness (QED) is 0.718. The molecule has 1 saturated heterocycles. The molecule has 2 amide bonds. The summed E-state index contributed by atoms with van der Waals surface area (Å²) >= 11 is 0. The molecule has 1 aliphatic heterocycles. The van der Waals surface area contributed by atoms with Crippen molar-refractivity contribution in [2.75, 3.05) is 13.1 Å². The molecule has 6 heteroatoms. The largest absolute Gasteiger partial charge is 0.467 e. The van der Waals surface area contributed by atoms with Crippen molar-refractivity contribution < 1.29 is 14.0 Å². The second-order valence-electron chi connectivity index (χ2n) is 8.18. The van der Waals surface area contributed by atoms with E-state index in [2.05, 4.69) is 23.7 Å². The molecular formula is C23H33N3O3. The van der Waals surface area contributed by atoms with Crippen LogP contribution < -0.4 is 5.32 Å². The Balaban J connectivity index is 1.73. The van der Waals surface area contributed by atoms with Gasteiger partial charge in [-0.05, 0) is 58.2 Å². The summed E-state index contributed by atoms with van der Waals surface area (Å²) in [5.41, 5.74) is 2.68. The molecule has 0 saturated carbocycles. The zero-order valence-electron chi connectivity index (χ0n) is 18.0. The van der Waals surface area contributed by atoms with Crippen molar-refractivity contribution in [1.29, 1.82) is 0 Å². The highest BCUT2D eigenvalue weighted by atomic mass is 16.3. The minimum Gasteiger partial charge on any atom is -0.467 e. The van der Waals surface area contributed by atoms with Crippen molar-refractivity contribution in [2.24, 2.45) is 5.92 Å². The standard InChI is InChI=1S/C23H33N3O3/c1-5-6-11-24-22(27)19-10-9-16(2)26(14-19)23(28)21-13-17(3)25(18(21)4)15-20-8-7-12-29-20/h7-8,12-13,16,19H,5-6,9-11,14-15H2,1-4H3,(H,24,27). The molecule has 1 fully saturated rings. The van der Waals surface area contributed by atoms with Gasteiger partial charge >= 0.3 is 0 Å². The summed E-state index contributed by atoms with van der Waals surface area (Å²) in [6.45, 7) is 9.98. The van der Waals surface area contributed by atoms with Gasteiger partial charge in [-0.25, -0.2) is 0 Å². The first-order valence-corrected chi connectivity index (χ1v) is 10.7. The van der Waals surface area contributed by atoms with Crippen LogP contribution in [0, 0.1) is 19.8 Å². The molecule has 0 aliphatic carbocycles. The fourth-order valence-electron chi connectivity index (χ4n) is 4.11. The highest BCUT2D eigenvalue weighted by Gasteiger charge is 2.34. The minimum atomic E-state index is -0.126. The van der Waals surface area contributed by atoms with Crippen LogP contribution in [-0.4, -0.2) is 40.4 Å². The number of carbonyl (C=O) groups excluding carboxylic acids is 2. The lowest BCUT2D eigenvalue weighted by atomic mass is 9.92. The Morgan fingerprint density at radius 3 is 2.76 bits per heavy atom. The molecular weight excluding hydrogens is 366 g/mol. The normalized spacial score (nSPS) is 19.4. The number of nitrogens with zero attached hydrogens (tertiary/aromatic N) is 2. The molecule has 29 heavy (non-hydrogen) atoms. The van der Waals surface area contributed by atoms with E-state index in [9.17, 15) is 9.59 Å². The Kier molecular flexibility index (Phi) is 6.83. The Morgan fingerprint density at radius 2 is 2.07 bits per heavy atom. The predicted octanol–water partition coefficient (Wildman–Crippen LogP) is 3.90. The summed E-state index contributed by atoms with van der Waals surface area (Å²) < 4.78 is 7.58. The summed E-state index contributed by atoms with van der Waals surface area (Å²) in [6, 6.07) is 5.90. The van der Waals surface area contributed by atoms with Crippen molar-refractivity contribution in [3.05, 3.63) is 47.2 Å². The van der Waals surface area contributed by atoms with Crippen LogP contribution in [0.3, 0.4) is 0 Å². The molecule has 0 radical (unpaired) electrons. The fraction of sp³-hybridized carbons (Fsp3) is 0.565. The first kappa shape index (κ1) is 21.2.